The summed E-state index contributed by atoms with van der Waals surface area (Å²) in [5.41, 5.74) is 3.87. The summed E-state index contributed by atoms with van der Waals surface area (Å²) in [6, 6.07) is 15.4. The molecule has 0 saturated carbocycles. The Morgan fingerprint density at radius 1 is 1.04 bits per heavy atom. The number of rotatable bonds is 3. The van der Waals surface area contributed by atoms with Gasteiger partial charge in [0.05, 0.1) is 11.0 Å². The van der Waals surface area contributed by atoms with Crippen molar-refractivity contribution in [1.29, 1.82) is 0 Å². The maximum Gasteiger partial charge on any atom is 0.161 e. The Balaban J connectivity index is 1.66. The maximum atomic E-state index is 6.05. The van der Waals surface area contributed by atoms with E-state index in [4.69, 9.17) is 11.6 Å². The van der Waals surface area contributed by atoms with E-state index in [2.05, 4.69) is 30.9 Å². The molecule has 0 bridgehead atoms. The predicted octanol–water partition coefficient (Wildman–Crippen LogP) is 4.74. The van der Waals surface area contributed by atoms with Crippen LogP contribution in [0.25, 0.3) is 22.4 Å². The van der Waals surface area contributed by atoms with Crippen LogP contribution in [0.5, 0.6) is 0 Å². The fraction of sp³-hybridized carbons (Fsp3) is 0.105. The van der Waals surface area contributed by atoms with Gasteiger partial charge in [-0.3, -0.25) is 0 Å². The fourth-order valence-electron chi connectivity index (χ4n) is 2.74. The van der Waals surface area contributed by atoms with Gasteiger partial charge in [-0.1, -0.05) is 23.7 Å². The number of aromatic nitrogens is 4. The number of nitrogens with zero attached hydrogens (tertiary/aromatic N) is 4. The van der Waals surface area contributed by atoms with Crippen LogP contribution in [0, 0.1) is 6.92 Å². The number of hydrogen-bond acceptors (Lipinski definition) is 4. The smallest absolute Gasteiger partial charge is 0.161 e. The molecule has 124 valence electrons. The predicted molar refractivity (Wildman–Crippen MR) is 101 cm³/mol. The highest BCUT2D eigenvalue weighted by Gasteiger charge is 2.07. The molecule has 0 saturated heterocycles. The molecule has 0 fully saturated rings. The van der Waals surface area contributed by atoms with E-state index in [-0.39, 0.29) is 0 Å². The molecule has 4 rings (SSSR count). The summed E-state index contributed by atoms with van der Waals surface area (Å²) in [6.45, 7) is 1.99. The van der Waals surface area contributed by atoms with Crippen molar-refractivity contribution < 1.29 is 0 Å². The molecule has 1 N–H and O–H groups in total. The molecule has 2 aromatic heterocycles. The molecule has 0 unspecified atom stereocenters. The van der Waals surface area contributed by atoms with Crippen LogP contribution in [-0.2, 0) is 7.05 Å². The summed E-state index contributed by atoms with van der Waals surface area (Å²) in [7, 11) is 2.01. The van der Waals surface area contributed by atoms with E-state index in [9.17, 15) is 0 Å². The highest BCUT2D eigenvalue weighted by Crippen LogP contribution is 2.24. The molecule has 0 aliphatic carbocycles. The van der Waals surface area contributed by atoms with Crippen molar-refractivity contribution in [2.24, 2.45) is 7.05 Å². The molecule has 0 aliphatic heterocycles. The zero-order chi connectivity index (χ0) is 17.4. The van der Waals surface area contributed by atoms with Crippen LogP contribution in [0.4, 0.5) is 11.5 Å². The second-order valence-electron chi connectivity index (χ2n) is 5.82. The van der Waals surface area contributed by atoms with Crippen LogP contribution in [-0.4, -0.2) is 19.5 Å². The molecule has 0 atom stereocenters. The van der Waals surface area contributed by atoms with Gasteiger partial charge in [0.15, 0.2) is 5.82 Å². The first kappa shape index (κ1) is 15.6. The molecule has 0 spiro atoms. The second kappa shape index (κ2) is 6.18. The number of nitrogens with one attached hydrogen (secondary N) is 1. The standard InChI is InChI=1S/C19H16ClN5/c1-12-22-16-11-15(6-7-17(16)25(12)2)23-18-8-9-21-19(24-18)13-4-3-5-14(20)10-13/h3-11H,1-2H3,(H,21,23,24). The lowest BCUT2D eigenvalue weighted by molar-refractivity contribution is 0.886. The van der Waals surface area contributed by atoms with Gasteiger partial charge in [-0.05, 0) is 43.3 Å². The normalized spacial score (nSPS) is 11.0. The second-order valence-corrected chi connectivity index (χ2v) is 6.26. The Morgan fingerprint density at radius 2 is 1.92 bits per heavy atom. The number of imidazole rings is 1. The van der Waals surface area contributed by atoms with E-state index in [1.54, 1.807) is 6.20 Å². The largest absolute Gasteiger partial charge is 0.340 e. The first-order valence-corrected chi connectivity index (χ1v) is 8.27. The number of anilines is 2. The Morgan fingerprint density at radius 3 is 2.76 bits per heavy atom. The molecule has 4 aromatic rings. The lowest BCUT2D eigenvalue weighted by atomic mass is 10.2. The Kier molecular flexibility index (Phi) is 3.86. The van der Waals surface area contributed by atoms with Gasteiger partial charge in [0.1, 0.15) is 11.6 Å². The third-order valence-electron chi connectivity index (χ3n) is 4.12. The molecule has 25 heavy (non-hydrogen) atoms. The third kappa shape index (κ3) is 3.06. The quantitative estimate of drug-likeness (QED) is 0.580. The van der Waals surface area contributed by atoms with Crippen LogP contribution < -0.4 is 5.32 Å². The first-order chi connectivity index (χ1) is 12.1. The SMILES string of the molecule is Cc1nc2cc(Nc3ccnc(-c4cccc(Cl)c4)n3)ccc2n1C. The van der Waals surface area contributed by atoms with E-state index >= 15 is 0 Å². The van der Waals surface area contributed by atoms with Crippen LogP contribution in [0.15, 0.2) is 54.7 Å². The first-order valence-electron chi connectivity index (χ1n) is 7.89. The van der Waals surface area contributed by atoms with Crippen molar-refractivity contribution in [3.8, 4) is 11.4 Å². The number of aryl methyl sites for hydroxylation is 2. The van der Waals surface area contributed by atoms with Gasteiger partial charge in [-0.15, -0.1) is 0 Å². The molecule has 2 aromatic carbocycles. The van der Waals surface area contributed by atoms with Crippen molar-refractivity contribution in [2.75, 3.05) is 5.32 Å². The van der Waals surface area contributed by atoms with Gasteiger partial charge in [0, 0.05) is 29.5 Å². The molecule has 0 radical (unpaired) electrons. The molecule has 2 heterocycles. The van der Waals surface area contributed by atoms with E-state index in [0.29, 0.717) is 10.8 Å². The Bertz CT molecular complexity index is 1070. The lowest BCUT2D eigenvalue weighted by Crippen LogP contribution is -1.97. The highest BCUT2D eigenvalue weighted by molar-refractivity contribution is 6.30. The highest BCUT2D eigenvalue weighted by atomic mass is 35.5. The molecular weight excluding hydrogens is 334 g/mol. The third-order valence-corrected chi connectivity index (χ3v) is 4.35. The van der Waals surface area contributed by atoms with Gasteiger partial charge in [-0.2, -0.15) is 0 Å². The summed E-state index contributed by atoms with van der Waals surface area (Å²) >= 11 is 6.05. The van der Waals surface area contributed by atoms with Crippen LogP contribution in [0.3, 0.4) is 0 Å². The van der Waals surface area contributed by atoms with Crippen LogP contribution in [0.2, 0.25) is 5.02 Å². The lowest BCUT2D eigenvalue weighted by Gasteiger charge is -2.07. The van der Waals surface area contributed by atoms with Gasteiger partial charge in [-0.25, -0.2) is 15.0 Å². The van der Waals surface area contributed by atoms with Gasteiger partial charge in [0.2, 0.25) is 0 Å². The van der Waals surface area contributed by atoms with Crippen molar-refractivity contribution >= 4 is 34.1 Å². The monoisotopic (exact) mass is 349 g/mol. The fourth-order valence-corrected chi connectivity index (χ4v) is 2.93. The van der Waals surface area contributed by atoms with E-state index in [1.165, 1.54) is 0 Å². The molecule has 6 heteroatoms. The van der Waals surface area contributed by atoms with E-state index in [0.717, 1.165) is 33.9 Å². The molecule has 0 aliphatic rings. The van der Waals surface area contributed by atoms with Crippen molar-refractivity contribution in [1.82, 2.24) is 19.5 Å². The van der Waals surface area contributed by atoms with Crippen molar-refractivity contribution in [2.45, 2.75) is 6.92 Å². The zero-order valence-electron chi connectivity index (χ0n) is 13.9. The number of fused-ring (bicyclic) bond motifs is 1. The Labute approximate surface area is 150 Å². The minimum absolute atomic E-state index is 0.627. The van der Waals surface area contributed by atoms with Gasteiger partial charge in [0.25, 0.3) is 0 Å². The summed E-state index contributed by atoms with van der Waals surface area (Å²) in [4.78, 5) is 13.5. The Hall–Kier alpha value is -2.92. The molecular formula is C19H16ClN5. The number of hydrogen-bond donors (Lipinski definition) is 1. The van der Waals surface area contributed by atoms with Gasteiger partial charge >= 0.3 is 0 Å². The minimum atomic E-state index is 0.627. The maximum absolute atomic E-state index is 6.05. The zero-order valence-corrected chi connectivity index (χ0v) is 14.6. The van der Waals surface area contributed by atoms with E-state index in [1.807, 2.05) is 56.4 Å². The molecule has 5 nitrogen and oxygen atoms in total. The van der Waals surface area contributed by atoms with Crippen LogP contribution >= 0.6 is 11.6 Å². The number of halogens is 1. The summed E-state index contributed by atoms with van der Waals surface area (Å²) in [5, 5.41) is 3.98. The van der Waals surface area contributed by atoms with E-state index < -0.39 is 0 Å². The summed E-state index contributed by atoms with van der Waals surface area (Å²) in [5.74, 6) is 2.33. The van der Waals surface area contributed by atoms with Gasteiger partial charge < -0.3 is 9.88 Å². The minimum Gasteiger partial charge on any atom is -0.340 e. The van der Waals surface area contributed by atoms with Crippen molar-refractivity contribution in [3.05, 3.63) is 65.6 Å². The average Bonchev–Trinajstić information content (AvgIpc) is 2.89. The summed E-state index contributed by atoms with van der Waals surface area (Å²) < 4.78 is 2.07. The van der Waals surface area contributed by atoms with Crippen LogP contribution in [0.1, 0.15) is 5.82 Å². The summed E-state index contributed by atoms with van der Waals surface area (Å²) in [6.07, 6.45) is 1.73. The molecule has 0 amide bonds. The topological polar surface area (TPSA) is 55.6 Å². The average molecular weight is 350 g/mol. The number of benzene rings is 2. The van der Waals surface area contributed by atoms with Crippen molar-refractivity contribution in [3.63, 3.8) is 0 Å².